The van der Waals surface area contributed by atoms with Crippen molar-refractivity contribution in [3.63, 3.8) is 0 Å². The number of hydrogen-bond donors (Lipinski definition) is 1. The molecule has 138 valence electrons. The summed E-state index contributed by atoms with van der Waals surface area (Å²) in [6.07, 6.45) is 4.58. The van der Waals surface area contributed by atoms with Crippen LogP contribution in [0.15, 0.2) is 4.99 Å². The Morgan fingerprint density at radius 3 is 2.71 bits per heavy atom. The molecule has 6 heteroatoms. The van der Waals surface area contributed by atoms with Crippen LogP contribution < -0.4 is 5.32 Å². The van der Waals surface area contributed by atoms with Crippen LogP contribution in [-0.2, 0) is 9.53 Å². The SMILES string of the molecule is CCOC(=O)C1CCCN(C(=NC)NCCN(C(C)C)C2CC2)C1. The van der Waals surface area contributed by atoms with Gasteiger partial charge in [0.2, 0.25) is 0 Å². The second-order valence-electron chi connectivity index (χ2n) is 7.07. The van der Waals surface area contributed by atoms with Crippen molar-refractivity contribution >= 4 is 11.9 Å². The molecule has 1 saturated heterocycles. The molecule has 1 aliphatic heterocycles. The number of carbonyl (C=O) groups is 1. The molecule has 1 heterocycles. The number of nitrogens with one attached hydrogen (secondary N) is 1. The highest BCUT2D eigenvalue weighted by Gasteiger charge is 2.31. The molecule has 0 aromatic heterocycles. The van der Waals surface area contributed by atoms with Gasteiger partial charge in [-0.15, -0.1) is 0 Å². The van der Waals surface area contributed by atoms with E-state index in [0.29, 0.717) is 19.2 Å². The second-order valence-corrected chi connectivity index (χ2v) is 7.07. The van der Waals surface area contributed by atoms with Gasteiger partial charge in [0.25, 0.3) is 0 Å². The molecule has 0 aromatic carbocycles. The lowest BCUT2D eigenvalue weighted by Gasteiger charge is -2.34. The van der Waals surface area contributed by atoms with Crippen LogP contribution >= 0.6 is 0 Å². The average Bonchev–Trinajstić information content (AvgIpc) is 3.40. The third-order valence-corrected chi connectivity index (χ3v) is 4.88. The number of carbonyl (C=O) groups excluding carboxylic acids is 1. The summed E-state index contributed by atoms with van der Waals surface area (Å²) in [5, 5.41) is 3.48. The minimum atomic E-state index is -0.0719. The fourth-order valence-corrected chi connectivity index (χ4v) is 3.52. The van der Waals surface area contributed by atoms with Crippen LogP contribution in [0, 0.1) is 5.92 Å². The Labute approximate surface area is 146 Å². The van der Waals surface area contributed by atoms with E-state index in [1.54, 1.807) is 0 Å². The third kappa shape index (κ3) is 5.36. The van der Waals surface area contributed by atoms with Gasteiger partial charge in [-0.25, -0.2) is 0 Å². The summed E-state index contributed by atoms with van der Waals surface area (Å²) in [6, 6.07) is 1.36. The zero-order valence-electron chi connectivity index (χ0n) is 15.8. The molecule has 1 unspecified atom stereocenters. The van der Waals surface area contributed by atoms with Crippen LogP contribution in [0.3, 0.4) is 0 Å². The Bertz CT molecular complexity index is 433. The van der Waals surface area contributed by atoms with Gasteiger partial charge in [-0.2, -0.15) is 0 Å². The molecule has 1 atom stereocenters. The molecule has 24 heavy (non-hydrogen) atoms. The van der Waals surface area contributed by atoms with Crippen molar-refractivity contribution in [3.8, 4) is 0 Å². The van der Waals surface area contributed by atoms with E-state index >= 15 is 0 Å². The second kappa shape index (κ2) is 9.25. The van der Waals surface area contributed by atoms with Crippen LogP contribution in [0.4, 0.5) is 0 Å². The number of hydrogen-bond acceptors (Lipinski definition) is 4. The largest absolute Gasteiger partial charge is 0.466 e. The third-order valence-electron chi connectivity index (χ3n) is 4.88. The molecular formula is C18H34N4O2. The van der Waals surface area contributed by atoms with Gasteiger partial charge in [0.15, 0.2) is 5.96 Å². The lowest BCUT2D eigenvalue weighted by atomic mass is 9.98. The van der Waals surface area contributed by atoms with Crippen LogP contribution in [0.2, 0.25) is 0 Å². The summed E-state index contributed by atoms with van der Waals surface area (Å²) in [5.74, 6) is 0.803. The number of likely N-dealkylation sites (tertiary alicyclic amines) is 1. The van der Waals surface area contributed by atoms with Gasteiger partial charge in [0, 0.05) is 45.3 Å². The summed E-state index contributed by atoms with van der Waals surface area (Å²) < 4.78 is 5.18. The summed E-state index contributed by atoms with van der Waals surface area (Å²) in [5.41, 5.74) is 0. The Morgan fingerprint density at radius 2 is 2.12 bits per heavy atom. The van der Waals surface area contributed by atoms with Gasteiger partial charge in [-0.05, 0) is 46.5 Å². The number of nitrogens with zero attached hydrogens (tertiary/aromatic N) is 3. The summed E-state index contributed by atoms with van der Waals surface area (Å²) in [7, 11) is 1.82. The van der Waals surface area contributed by atoms with Crippen LogP contribution in [0.1, 0.15) is 46.5 Å². The lowest BCUT2D eigenvalue weighted by molar-refractivity contribution is -0.149. The van der Waals surface area contributed by atoms with Crippen molar-refractivity contribution in [2.24, 2.45) is 10.9 Å². The van der Waals surface area contributed by atoms with E-state index < -0.39 is 0 Å². The van der Waals surface area contributed by atoms with E-state index in [9.17, 15) is 4.79 Å². The molecule has 1 aliphatic carbocycles. The van der Waals surface area contributed by atoms with Gasteiger partial charge >= 0.3 is 5.97 Å². The van der Waals surface area contributed by atoms with Crippen LogP contribution in [-0.4, -0.2) is 73.6 Å². The lowest BCUT2D eigenvalue weighted by Crippen LogP contribution is -2.50. The fourth-order valence-electron chi connectivity index (χ4n) is 3.52. The van der Waals surface area contributed by atoms with E-state index in [-0.39, 0.29) is 11.9 Å². The Balaban J connectivity index is 1.81. The predicted octanol–water partition coefficient (Wildman–Crippen LogP) is 1.71. The van der Waals surface area contributed by atoms with Crippen molar-refractivity contribution in [1.29, 1.82) is 0 Å². The van der Waals surface area contributed by atoms with Gasteiger partial charge in [-0.3, -0.25) is 14.7 Å². The maximum atomic E-state index is 12.0. The molecular weight excluding hydrogens is 304 g/mol. The number of aliphatic imine (C=N–C) groups is 1. The Kier molecular flexibility index (Phi) is 7.34. The van der Waals surface area contributed by atoms with Crippen LogP contribution in [0.5, 0.6) is 0 Å². The molecule has 0 radical (unpaired) electrons. The first-order valence-electron chi connectivity index (χ1n) is 9.44. The minimum absolute atomic E-state index is 0.0316. The van der Waals surface area contributed by atoms with E-state index in [4.69, 9.17) is 4.74 Å². The monoisotopic (exact) mass is 338 g/mol. The number of guanidine groups is 1. The van der Waals surface area contributed by atoms with Crippen LogP contribution in [0.25, 0.3) is 0 Å². The molecule has 1 saturated carbocycles. The van der Waals surface area contributed by atoms with Crippen molar-refractivity contribution < 1.29 is 9.53 Å². The van der Waals surface area contributed by atoms with Crippen molar-refractivity contribution in [2.45, 2.75) is 58.5 Å². The maximum Gasteiger partial charge on any atom is 0.310 e. The Hall–Kier alpha value is -1.30. The molecule has 2 fully saturated rings. The molecule has 6 nitrogen and oxygen atoms in total. The minimum Gasteiger partial charge on any atom is -0.466 e. The zero-order chi connectivity index (χ0) is 17.5. The van der Waals surface area contributed by atoms with Gasteiger partial charge in [0.05, 0.1) is 12.5 Å². The number of ether oxygens (including phenoxy) is 1. The average molecular weight is 338 g/mol. The molecule has 0 spiro atoms. The number of esters is 1. The highest BCUT2D eigenvalue weighted by atomic mass is 16.5. The molecule has 0 aromatic rings. The highest BCUT2D eigenvalue weighted by Crippen LogP contribution is 2.28. The first-order valence-corrected chi connectivity index (χ1v) is 9.44. The highest BCUT2D eigenvalue weighted by molar-refractivity contribution is 5.81. The van der Waals surface area contributed by atoms with Crippen molar-refractivity contribution in [2.75, 3.05) is 39.8 Å². The normalized spacial score (nSPS) is 22.2. The van der Waals surface area contributed by atoms with Gasteiger partial charge in [-0.1, -0.05) is 0 Å². The van der Waals surface area contributed by atoms with E-state index in [1.807, 2.05) is 14.0 Å². The van der Waals surface area contributed by atoms with Crippen molar-refractivity contribution in [3.05, 3.63) is 0 Å². The smallest absolute Gasteiger partial charge is 0.310 e. The first kappa shape index (κ1) is 19.0. The standard InChI is InChI=1S/C18H34N4O2/c1-5-24-17(23)15-7-6-11-21(13-15)18(19-4)20-10-12-22(14(2)3)16-8-9-16/h14-16H,5-13H2,1-4H3,(H,19,20). The van der Waals surface area contributed by atoms with Gasteiger partial charge < -0.3 is 15.0 Å². The predicted molar refractivity (Wildman–Crippen MR) is 97.2 cm³/mol. The number of piperidine rings is 1. The van der Waals surface area contributed by atoms with Crippen molar-refractivity contribution in [1.82, 2.24) is 15.1 Å². The van der Waals surface area contributed by atoms with E-state index in [1.165, 1.54) is 12.8 Å². The zero-order valence-corrected chi connectivity index (χ0v) is 15.8. The fraction of sp³-hybridized carbons (Fsp3) is 0.889. The summed E-state index contributed by atoms with van der Waals surface area (Å²) >= 11 is 0. The number of rotatable bonds is 7. The molecule has 2 aliphatic rings. The molecule has 2 rings (SSSR count). The molecule has 0 bridgehead atoms. The molecule has 1 N–H and O–H groups in total. The Morgan fingerprint density at radius 1 is 1.38 bits per heavy atom. The maximum absolute atomic E-state index is 12.0. The van der Waals surface area contributed by atoms with E-state index in [0.717, 1.165) is 44.5 Å². The topological polar surface area (TPSA) is 57.2 Å². The summed E-state index contributed by atoms with van der Waals surface area (Å²) in [6.45, 7) is 10.4. The summed E-state index contributed by atoms with van der Waals surface area (Å²) in [4.78, 5) is 21.2. The molecule has 0 amide bonds. The van der Waals surface area contributed by atoms with Gasteiger partial charge in [0.1, 0.15) is 0 Å². The first-order chi connectivity index (χ1) is 11.6. The quantitative estimate of drug-likeness (QED) is 0.435. The van der Waals surface area contributed by atoms with E-state index in [2.05, 4.69) is 34.0 Å².